The molecular weight excluding hydrogens is 353 g/mol. The zero-order valence-electron chi connectivity index (χ0n) is 13.4. The van der Waals surface area contributed by atoms with E-state index >= 15 is 0 Å². The van der Waals surface area contributed by atoms with E-state index in [-0.39, 0.29) is 23.7 Å². The van der Waals surface area contributed by atoms with Crippen molar-refractivity contribution in [1.29, 1.82) is 0 Å². The van der Waals surface area contributed by atoms with Crippen molar-refractivity contribution in [3.8, 4) is 0 Å². The van der Waals surface area contributed by atoms with Gasteiger partial charge in [0.1, 0.15) is 18.3 Å². The maximum atomic E-state index is 11.9. The number of nitrogen functional groups attached to an aromatic ring is 1. The predicted octanol–water partition coefficient (Wildman–Crippen LogP) is -0.494. The average Bonchev–Trinajstić information content (AvgIpc) is 3.17. The number of aliphatic hydroxyl groups excluding tert-OH is 1. The molecule has 134 valence electrons. The lowest BCUT2D eigenvalue weighted by atomic mass is 9.94. The maximum Gasteiger partial charge on any atom is 0.505 e. The zero-order valence-corrected chi connectivity index (χ0v) is 14.3. The summed E-state index contributed by atoms with van der Waals surface area (Å²) in [5, 5.41) is 10.6. The number of aromatic nitrogens is 4. The zero-order chi connectivity index (χ0) is 17.9. The Balaban J connectivity index is 1.74. The van der Waals surface area contributed by atoms with Crippen molar-refractivity contribution in [3.63, 3.8) is 0 Å². The van der Waals surface area contributed by atoms with Crippen LogP contribution in [-0.4, -0.2) is 61.8 Å². The minimum absolute atomic E-state index is 0.0572. The van der Waals surface area contributed by atoms with E-state index in [4.69, 9.17) is 19.7 Å². The third-order valence-electron chi connectivity index (χ3n) is 4.65. The fourth-order valence-electron chi connectivity index (χ4n) is 3.42. The van der Waals surface area contributed by atoms with E-state index in [9.17, 15) is 14.5 Å². The number of aliphatic hydroxyl groups is 1. The standard InChI is InChI=1S/C13H16N5O6P/c1-5(24-25(2)21)13-3-22-7(8(13)19)11(23-13)18-4-15-6-9(18)16-12(14)17-10(6)20/h4-5,7-8,11,19H,3H2,1-2H3,(H2-,14,16,17,20)/p+1/t5-,7+,8-,11+,13+/m0/s1. The Labute approximate surface area is 142 Å². The summed E-state index contributed by atoms with van der Waals surface area (Å²) in [4.78, 5) is 22.4. The number of aromatic amines is 1. The SMILES string of the molecule is C[C@H](O[P+](C)=O)[C@@]12CO[C@@H]([C@H](n3cnc4c(=O)[nH]c(N)nc43)O1)[C@@H]2O. The van der Waals surface area contributed by atoms with Crippen LogP contribution in [0.25, 0.3) is 11.2 Å². The van der Waals surface area contributed by atoms with Gasteiger partial charge in [-0.1, -0.05) is 0 Å². The van der Waals surface area contributed by atoms with Crippen LogP contribution in [0.3, 0.4) is 0 Å². The van der Waals surface area contributed by atoms with Crippen molar-refractivity contribution in [2.45, 2.75) is 37.1 Å². The largest absolute Gasteiger partial charge is 0.505 e. The van der Waals surface area contributed by atoms with Crippen LogP contribution < -0.4 is 11.3 Å². The summed E-state index contributed by atoms with van der Waals surface area (Å²) in [6, 6.07) is 0. The van der Waals surface area contributed by atoms with E-state index in [1.54, 1.807) is 6.92 Å². The van der Waals surface area contributed by atoms with Gasteiger partial charge in [-0.25, -0.2) is 4.98 Å². The van der Waals surface area contributed by atoms with Crippen molar-refractivity contribution in [2.75, 3.05) is 19.0 Å². The van der Waals surface area contributed by atoms with Crippen molar-refractivity contribution in [3.05, 3.63) is 16.7 Å². The van der Waals surface area contributed by atoms with Crippen molar-refractivity contribution in [1.82, 2.24) is 19.5 Å². The van der Waals surface area contributed by atoms with Gasteiger partial charge in [-0.05, 0) is 11.5 Å². The summed E-state index contributed by atoms with van der Waals surface area (Å²) in [5.74, 6) is -0.0572. The van der Waals surface area contributed by atoms with Gasteiger partial charge in [-0.15, -0.1) is 4.52 Å². The molecule has 2 saturated heterocycles. The van der Waals surface area contributed by atoms with E-state index in [1.165, 1.54) is 17.6 Å². The summed E-state index contributed by atoms with van der Waals surface area (Å²) >= 11 is 0. The molecule has 25 heavy (non-hydrogen) atoms. The number of hydrogen-bond donors (Lipinski definition) is 3. The number of nitrogens with two attached hydrogens (primary N) is 1. The predicted molar refractivity (Wildman–Crippen MR) is 85.2 cm³/mol. The minimum Gasteiger partial charge on any atom is -0.387 e. The van der Waals surface area contributed by atoms with Gasteiger partial charge in [0.05, 0.1) is 12.9 Å². The lowest BCUT2D eigenvalue weighted by Gasteiger charge is -2.32. The van der Waals surface area contributed by atoms with Crippen LogP contribution in [0, 0.1) is 0 Å². The van der Waals surface area contributed by atoms with Gasteiger partial charge >= 0.3 is 8.03 Å². The van der Waals surface area contributed by atoms with Gasteiger partial charge in [0.2, 0.25) is 5.95 Å². The van der Waals surface area contributed by atoms with Gasteiger partial charge < -0.3 is 20.3 Å². The topological polar surface area (TPSA) is 155 Å². The molecule has 0 aromatic carbocycles. The van der Waals surface area contributed by atoms with Gasteiger partial charge in [0, 0.05) is 0 Å². The van der Waals surface area contributed by atoms with E-state index in [1.807, 2.05) is 0 Å². The molecule has 0 aliphatic carbocycles. The number of ether oxygens (including phenoxy) is 2. The summed E-state index contributed by atoms with van der Waals surface area (Å²) < 4.78 is 30.0. The first-order chi connectivity index (χ1) is 11.8. The quantitative estimate of drug-likeness (QED) is 0.604. The molecule has 2 aliphatic heterocycles. The highest BCUT2D eigenvalue weighted by molar-refractivity contribution is 7.38. The Kier molecular flexibility index (Phi) is 3.67. The number of nitrogens with zero attached hydrogens (tertiary/aromatic N) is 3. The molecule has 0 radical (unpaired) electrons. The summed E-state index contributed by atoms with van der Waals surface area (Å²) in [5.41, 5.74) is 4.29. The minimum atomic E-state index is -1.88. The summed E-state index contributed by atoms with van der Waals surface area (Å²) in [7, 11) is -1.88. The Morgan fingerprint density at radius 3 is 3.12 bits per heavy atom. The van der Waals surface area contributed by atoms with Gasteiger partial charge in [-0.2, -0.15) is 4.98 Å². The van der Waals surface area contributed by atoms with Crippen LogP contribution in [0.1, 0.15) is 13.2 Å². The van der Waals surface area contributed by atoms with E-state index in [0.29, 0.717) is 0 Å². The first kappa shape index (κ1) is 16.6. The van der Waals surface area contributed by atoms with Crippen LogP contribution in [0.4, 0.5) is 5.95 Å². The average molecular weight is 370 g/mol. The molecular formula is C13H17N5O6P+. The number of hydrogen-bond acceptors (Lipinski definition) is 9. The molecule has 4 heterocycles. The fourth-order valence-corrected chi connectivity index (χ4v) is 4.05. The molecule has 0 spiro atoms. The fraction of sp³-hybridized carbons (Fsp3) is 0.615. The number of anilines is 1. The van der Waals surface area contributed by atoms with Crippen LogP contribution in [0.2, 0.25) is 0 Å². The van der Waals surface area contributed by atoms with Gasteiger partial charge in [0.15, 0.2) is 29.7 Å². The molecule has 6 atom stereocenters. The van der Waals surface area contributed by atoms with Crippen molar-refractivity contribution in [2.24, 2.45) is 0 Å². The molecule has 4 N–H and O–H groups in total. The number of rotatable bonds is 4. The number of H-pyrrole nitrogens is 1. The molecule has 1 unspecified atom stereocenters. The maximum absolute atomic E-state index is 11.9. The Morgan fingerprint density at radius 2 is 2.40 bits per heavy atom. The lowest BCUT2D eigenvalue weighted by molar-refractivity contribution is -0.199. The first-order valence-electron chi connectivity index (χ1n) is 7.61. The lowest BCUT2D eigenvalue weighted by Crippen LogP contribution is -2.50. The van der Waals surface area contributed by atoms with Gasteiger partial charge in [-0.3, -0.25) is 14.3 Å². The summed E-state index contributed by atoms with van der Waals surface area (Å²) in [6.07, 6.45) is -1.77. The molecule has 0 amide bonds. The smallest absolute Gasteiger partial charge is 0.387 e. The van der Waals surface area contributed by atoms with Crippen LogP contribution in [0.15, 0.2) is 11.1 Å². The first-order valence-corrected chi connectivity index (χ1v) is 9.23. The molecule has 2 aromatic heterocycles. The van der Waals surface area contributed by atoms with Crippen LogP contribution >= 0.6 is 8.03 Å². The van der Waals surface area contributed by atoms with Crippen molar-refractivity contribution < 1.29 is 23.7 Å². The molecule has 2 aliphatic rings. The van der Waals surface area contributed by atoms with E-state index in [2.05, 4.69) is 15.0 Å². The molecule has 0 saturated carbocycles. The third kappa shape index (κ3) is 2.31. The Morgan fingerprint density at radius 1 is 1.64 bits per heavy atom. The third-order valence-corrected chi connectivity index (χ3v) is 5.27. The Bertz CT molecular complexity index is 914. The molecule has 4 rings (SSSR count). The molecule has 12 heteroatoms. The molecule has 2 bridgehead atoms. The summed E-state index contributed by atoms with van der Waals surface area (Å²) in [6.45, 7) is 3.19. The van der Waals surface area contributed by atoms with E-state index in [0.717, 1.165) is 0 Å². The van der Waals surface area contributed by atoms with E-state index < -0.39 is 43.7 Å². The second kappa shape index (κ2) is 5.55. The number of imidazole rings is 1. The molecule has 11 nitrogen and oxygen atoms in total. The van der Waals surface area contributed by atoms with Crippen molar-refractivity contribution >= 4 is 25.1 Å². The second-order valence-corrected chi connectivity index (χ2v) is 7.24. The number of fused-ring (bicyclic) bond motifs is 3. The van der Waals surface area contributed by atoms with Crippen LogP contribution in [-0.2, 0) is 18.6 Å². The van der Waals surface area contributed by atoms with Crippen LogP contribution in [0.5, 0.6) is 0 Å². The second-order valence-electron chi connectivity index (χ2n) is 6.15. The normalized spacial score (nSPS) is 33.1. The van der Waals surface area contributed by atoms with Gasteiger partial charge in [0.25, 0.3) is 5.56 Å². The molecule has 2 fully saturated rings. The highest BCUT2D eigenvalue weighted by Gasteiger charge is 2.66. The number of nitrogens with one attached hydrogen (secondary N) is 1. The Hall–Kier alpha value is -1.91. The highest BCUT2D eigenvalue weighted by atomic mass is 31.1. The monoisotopic (exact) mass is 370 g/mol. The highest BCUT2D eigenvalue weighted by Crippen LogP contribution is 2.49. The molecule has 2 aromatic rings.